The molecule has 0 saturated heterocycles. The van der Waals surface area contributed by atoms with Crippen LogP contribution < -0.4 is 15.2 Å². The van der Waals surface area contributed by atoms with Crippen LogP contribution in [0, 0.1) is 6.92 Å². The van der Waals surface area contributed by atoms with Gasteiger partial charge < -0.3 is 4.72 Å². The number of nitrogens with zero attached hydrogens (tertiary/aromatic N) is 4. The highest BCUT2D eigenvalue weighted by atomic mass is 79.9. The third-order valence-corrected chi connectivity index (χ3v) is 6.51. The number of benzene rings is 2. The Morgan fingerprint density at radius 1 is 1.22 bits per heavy atom. The molecule has 1 amide bonds. The number of hydrogen-bond donors (Lipinski definition) is 2. The number of para-hydroxylation sites is 1. The summed E-state index contributed by atoms with van der Waals surface area (Å²) in [6.45, 7) is 5.62. The number of aliphatic imine (C=N–C) groups is 1. The SMILES string of the molecule is CCC(C)(C(=Nc1ccc(Br)cc1)NS)N(C=O)c1c(C)n(C)n(-c2ccccc2)c1=O. The van der Waals surface area contributed by atoms with Gasteiger partial charge in [0.1, 0.15) is 17.1 Å². The molecule has 1 atom stereocenters. The molecule has 168 valence electrons. The Morgan fingerprint density at radius 3 is 2.38 bits per heavy atom. The number of anilines is 1. The summed E-state index contributed by atoms with van der Waals surface area (Å²) < 4.78 is 7.09. The molecule has 9 heteroatoms. The van der Waals surface area contributed by atoms with E-state index in [1.165, 1.54) is 4.90 Å². The number of thiol groups is 1. The lowest BCUT2D eigenvalue weighted by atomic mass is 9.94. The predicted molar refractivity (Wildman–Crippen MR) is 136 cm³/mol. The molecule has 0 saturated carbocycles. The zero-order valence-corrected chi connectivity index (χ0v) is 20.9. The van der Waals surface area contributed by atoms with Gasteiger partial charge in [-0.1, -0.05) is 53.9 Å². The van der Waals surface area contributed by atoms with Crippen LogP contribution in [-0.4, -0.2) is 27.1 Å². The van der Waals surface area contributed by atoms with Gasteiger partial charge in [-0.15, -0.1) is 0 Å². The number of hydrogen-bond acceptors (Lipinski definition) is 4. The molecule has 1 unspecified atom stereocenters. The van der Waals surface area contributed by atoms with Crippen molar-refractivity contribution < 1.29 is 4.79 Å². The second kappa shape index (κ2) is 9.79. The van der Waals surface area contributed by atoms with E-state index in [9.17, 15) is 9.59 Å². The first-order chi connectivity index (χ1) is 15.3. The minimum absolute atomic E-state index is 0.287. The first-order valence-corrected chi connectivity index (χ1v) is 11.4. The smallest absolute Gasteiger partial charge is 0.295 e. The van der Waals surface area contributed by atoms with Gasteiger partial charge in [0, 0.05) is 11.5 Å². The molecule has 0 radical (unpaired) electrons. The minimum Gasteiger partial charge on any atom is -0.318 e. The van der Waals surface area contributed by atoms with Gasteiger partial charge in [-0.05, 0) is 56.7 Å². The normalized spacial score (nSPS) is 13.5. The highest BCUT2D eigenvalue weighted by Gasteiger charge is 2.39. The molecular weight excluding hydrogens is 490 g/mol. The van der Waals surface area contributed by atoms with Crippen LogP contribution in [0.2, 0.25) is 0 Å². The van der Waals surface area contributed by atoms with Crippen LogP contribution in [-0.2, 0) is 11.8 Å². The molecule has 0 aliphatic rings. The first-order valence-electron chi connectivity index (χ1n) is 10.1. The van der Waals surface area contributed by atoms with Gasteiger partial charge in [0.2, 0.25) is 6.41 Å². The van der Waals surface area contributed by atoms with Crippen LogP contribution in [0.1, 0.15) is 26.0 Å². The summed E-state index contributed by atoms with van der Waals surface area (Å²) in [4.78, 5) is 32.1. The van der Waals surface area contributed by atoms with Crippen LogP contribution in [0.15, 0.2) is 68.9 Å². The molecule has 3 rings (SSSR count). The number of nitrogens with one attached hydrogen (secondary N) is 1. The maximum atomic E-state index is 13.5. The van der Waals surface area contributed by atoms with Gasteiger partial charge in [-0.2, -0.15) is 0 Å². The highest BCUT2D eigenvalue weighted by molar-refractivity contribution is 9.10. The number of carbonyl (C=O) groups is 1. The Hall–Kier alpha value is -2.78. The zero-order valence-electron chi connectivity index (χ0n) is 18.4. The minimum atomic E-state index is -0.948. The third kappa shape index (κ3) is 4.27. The fourth-order valence-corrected chi connectivity index (χ4v) is 4.17. The molecule has 0 aliphatic heterocycles. The molecular formula is C23H26BrN5O2S. The molecule has 0 aliphatic carbocycles. The molecule has 0 bridgehead atoms. The monoisotopic (exact) mass is 515 g/mol. The standard InChI is InChI=1S/C23H26BrN5O2S/c1-5-23(3,22(26-32)25-18-13-11-17(24)12-14-18)28(15-30)20-16(2)27(4)29(21(20)31)19-9-7-6-8-10-19/h6-15,32H,5H2,1-4H3,(H,25,26). The fraction of sp³-hybridized carbons (Fsp3) is 0.261. The van der Waals surface area contributed by atoms with Gasteiger partial charge in [-0.25, -0.2) is 9.67 Å². The van der Waals surface area contributed by atoms with E-state index >= 15 is 0 Å². The molecule has 1 aromatic heterocycles. The lowest BCUT2D eigenvalue weighted by Gasteiger charge is -2.38. The van der Waals surface area contributed by atoms with E-state index in [2.05, 4.69) is 33.5 Å². The van der Waals surface area contributed by atoms with Crippen LogP contribution in [0.4, 0.5) is 11.4 Å². The van der Waals surface area contributed by atoms with Gasteiger partial charge in [0.15, 0.2) is 0 Å². The molecule has 0 spiro atoms. The summed E-state index contributed by atoms with van der Waals surface area (Å²) in [6.07, 6.45) is 1.18. The second-order valence-electron chi connectivity index (χ2n) is 7.56. The van der Waals surface area contributed by atoms with E-state index in [-0.39, 0.29) is 5.56 Å². The van der Waals surface area contributed by atoms with Crippen molar-refractivity contribution in [2.75, 3.05) is 4.90 Å². The van der Waals surface area contributed by atoms with E-state index in [4.69, 9.17) is 4.99 Å². The number of amides is 1. The predicted octanol–water partition coefficient (Wildman–Crippen LogP) is 4.54. The Bertz CT molecular complexity index is 1190. The van der Waals surface area contributed by atoms with E-state index in [0.717, 1.165) is 10.2 Å². The van der Waals surface area contributed by atoms with Crippen LogP contribution >= 0.6 is 28.7 Å². The third-order valence-electron chi connectivity index (χ3n) is 5.77. The maximum absolute atomic E-state index is 13.5. The van der Waals surface area contributed by atoms with Gasteiger partial charge >= 0.3 is 0 Å². The summed E-state index contributed by atoms with van der Waals surface area (Å²) in [5.74, 6) is 0.451. The average Bonchev–Trinajstić information content (AvgIpc) is 3.02. The summed E-state index contributed by atoms with van der Waals surface area (Å²) in [5, 5.41) is 0. The molecule has 7 nitrogen and oxygen atoms in total. The van der Waals surface area contributed by atoms with Crippen molar-refractivity contribution in [3.8, 4) is 5.69 Å². The van der Waals surface area contributed by atoms with Crippen LogP contribution in [0.3, 0.4) is 0 Å². The van der Waals surface area contributed by atoms with Crippen LogP contribution in [0.5, 0.6) is 0 Å². The molecule has 1 N–H and O–H groups in total. The Morgan fingerprint density at radius 2 is 1.84 bits per heavy atom. The van der Waals surface area contributed by atoms with Gasteiger partial charge in [-0.3, -0.25) is 19.2 Å². The fourth-order valence-electron chi connectivity index (χ4n) is 3.61. The molecule has 0 fully saturated rings. The van der Waals surface area contributed by atoms with Gasteiger partial charge in [0.25, 0.3) is 5.56 Å². The van der Waals surface area contributed by atoms with Crippen LogP contribution in [0.25, 0.3) is 5.69 Å². The van der Waals surface area contributed by atoms with Crippen molar-refractivity contribution in [1.29, 1.82) is 0 Å². The number of aromatic nitrogens is 2. The number of amidine groups is 1. The Balaban J connectivity index is 2.18. The van der Waals surface area contributed by atoms with Crippen molar-refractivity contribution in [2.45, 2.75) is 32.7 Å². The number of halogens is 1. The molecule has 1 heterocycles. The van der Waals surface area contributed by atoms with Crippen molar-refractivity contribution in [3.05, 3.63) is 75.1 Å². The first kappa shape index (κ1) is 23.9. The summed E-state index contributed by atoms with van der Waals surface area (Å²) in [5.41, 5.74) is 1.13. The summed E-state index contributed by atoms with van der Waals surface area (Å²) in [6, 6.07) is 16.8. The molecule has 3 aromatic rings. The van der Waals surface area contributed by atoms with Crippen molar-refractivity contribution in [1.82, 2.24) is 14.1 Å². The van der Waals surface area contributed by atoms with Crippen molar-refractivity contribution in [3.63, 3.8) is 0 Å². The maximum Gasteiger partial charge on any atom is 0.295 e. The molecule has 32 heavy (non-hydrogen) atoms. The topological polar surface area (TPSA) is 71.6 Å². The highest BCUT2D eigenvalue weighted by Crippen LogP contribution is 2.29. The van der Waals surface area contributed by atoms with E-state index in [1.54, 1.807) is 16.4 Å². The average molecular weight is 516 g/mol. The lowest BCUT2D eigenvalue weighted by Crippen LogP contribution is -2.56. The Kier molecular flexibility index (Phi) is 7.30. The number of carbonyl (C=O) groups excluding carboxylic acids is 1. The zero-order chi connectivity index (χ0) is 23.5. The lowest BCUT2D eigenvalue weighted by molar-refractivity contribution is -0.108. The summed E-state index contributed by atoms with van der Waals surface area (Å²) in [7, 11) is 1.80. The molecule has 2 aromatic carbocycles. The largest absolute Gasteiger partial charge is 0.318 e. The van der Waals surface area contributed by atoms with Crippen molar-refractivity contribution >= 4 is 52.4 Å². The van der Waals surface area contributed by atoms with Gasteiger partial charge in [0.05, 0.1) is 17.1 Å². The van der Waals surface area contributed by atoms with E-state index in [1.807, 2.05) is 75.4 Å². The van der Waals surface area contributed by atoms with E-state index in [0.29, 0.717) is 35.7 Å². The quantitative estimate of drug-likeness (QED) is 0.210. The second-order valence-corrected chi connectivity index (χ2v) is 8.70. The summed E-state index contributed by atoms with van der Waals surface area (Å²) >= 11 is 7.69. The Labute approximate surface area is 201 Å². The number of rotatable bonds is 7. The van der Waals surface area contributed by atoms with Crippen molar-refractivity contribution in [2.24, 2.45) is 12.0 Å². The van der Waals surface area contributed by atoms with E-state index < -0.39 is 5.54 Å².